The Hall–Kier alpha value is -1.63. The molecule has 5 nitrogen and oxygen atoms in total. The van der Waals surface area contributed by atoms with E-state index in [0.29, 0.717) is 12.2 Å². The van der Waals surface area contributed by atoms with Gasteiger partial charge in [-0.2, -0.15) is 5.10 Å². The minimum atomic E-state index is -0.548. The molecule has 0 bridgehead atoms. The van der Waals surface area contributed by atoms with Crippen LogP contribution in [-0.4, -0.2) is 28.8 Å². The van der Waals surface area contributed by atoms with Gasteiger partial charge in [-0.1, -0.05) is 11.6 Å². The molecule has 2 atom stereocenters. The average Bonchev–Trinajstić information content (AvgIpc) is 3.11. The van der Waals surface area contributed by atoms with Crippen molar-refractivity contribution in [2.45, 2.75) is 5.92 Å². The monoisotopic (exact) mass is 358 g/mol. The van der Waals surface area contributed by atoms with E-state index < -0.39 is 5.82 Å². The zero-order valence-electron chi connectivity index (χ0n) is 12.4. The normalized spacial score (nSPS) is 20.1. The number of carbonyl (C=O) groups is 1. The van der Waals surface area contributed by atoms with Crippen LogP contribution >= 0.6 is 24.0 Å². The number of anilines is 1. The Morgan fingerprint density at radius 3 is 2.91 bits per heavy atom. The smallest absolute Gasteiger partial charge is 0.229 e. The van der Waals surface area contributed by atoms with E-state index in [1.807, 2.05) is 13.2 Å². The van der Waals surface area contributed by atoms with Gasteiger partial charge in [-0.15, -0.1) is 12.4 Å². The summed E-state index contributed by atoms with van der Waals surface area (Å²) >= 11 is 5.64. The molecule has 3 rings (SSSR count). The van der Waals surface area contributed by atoms with E-state index in [-0.39, 0.29) is 35.2 Å². The number of hydrogen-bond donors (Lipinski definition) is 2. The van der Waals surface area contributed by atoms with E-state index in [0.717, 1.165) is 12.1 Å². The van der Waals surface area contributed by atoms with Gasteiger partial charge in [-0.25, -0.2) is 4.39 Å². The van der Waals surface area contributed by atoms with Gasteiger partial charge in [0, 0.05) is 37.9 Å². The molecule has 124 valence electrons. The lowest BCUT2D eigenvalue weighted by atomic mass is 9.90. The lowest BCUT2D eigenvalue weighted by molar-refractivity contribution is -0.119. The number of nitrogens with one attached hydrogen (secondary N) is 2. The Morgan fingerprint density at radius 2 is 2.26 bits per heavy atom. The topological polar surface area (TPSA) is 59.0 Å². The van der Waals surface area contributed by atoms with Crippen LogP contribution in [0.15, 0.2) is 30.6 Å². The Balaban J connectivity index is 0.00000192. The SMILES string of the molecule is Cl.Cn1cc([C@H]2CNC[C@@H]2C(=O)Nc2ccc(Cl)c(F)c2)cn1. The third kappa shape index (κ3) is 3.83. The molecule has 8 heteroatoms. The molecule has 0 unspecified atom stereocenters. The highest BCUT2D eigenvalue weighted by molar-refractivity contribution is 6.30. The van der Waals surface area contributed by atoms with Crippen molar-refractivity contribution in [2.24, 2.45) is 13.0 Å². The van der Waals surface area contributed by atoms with Crippen molar-refractivity contribution >= 4 is 35.6 Å². The summed E-state index contributed by atoms with van der Waals surface area (Å²) in [5, 5.41) is 10.2. The molecule has 0 aliphatic carbocycles. The molecule has 1 aliphatic heterocycles. The molecule has 1 fully saturated rings. The third-order valence-electron chi connectivity index (χ3n) is 3.89. The fourth-order valence-electron chi connectivity index (χ4n) is 2.74. The molecule has 2 aromatic rings. The predicted molar refractivity (Wildman–Crippen MR) is 89.6 cm³/mol. The van der Waals surface area contributed by atoms with Gasteiger partial charge in [-0.3, -0.25) is 9.48 Å². The van der Waals surface area contributed by atoms with Crippen molar-refractivity contribution in [2.75, 3.05) is 18.4 Å². The summed E-state index contributed by atoms with van der Waals surface area (Å²) in [4.78, 5) is 12.5. The van der Waals surface area contributed by atoms with Gasteiger partial charge in [0.1, 0.15) is 5.82 Å². The van der Waals surface area contributed by atoms with Crippen molar-refractivity contribution in [3.63, 3.8) is 0 Å². The summed E-state index contributed by atoms with van der Waals surface area (Å²) in [5.74, 6) is -0.845. The van der Waals surface area contributed by atoms with E-state index in [1.54, 1.807) is 16.9 Å². The van der Waals surface area contributed by atoms with Gasteiger partial charge in [0.25, 0.3) is 0 Å². The Labute approximate surface area is 144 Å². The summed E-state index contributed by atoms with van der Waals surface area (Å²) in [5.41, 5.74) is 1.43. The number of rotatable bonds is 3. The van der Waals surface area contributed by atoms with Crippen molar-refractivity contribution in [1.82, 2.24) is 15.1 Å². The third-order valence-corrected chi connectivity index (χ3v) is 4.20. The molecule has 2 N–H and O–H groups in total. The predicted octanol–water partition coefficient (Wildman–Crippen LogP) is 2.58. The highest BCUT2D eigenvalue weighted by Crippen LogP contribution is 2.29. The van der Waals surface area contributed by atoms with E-state index in [1.165, 1.54) is 12.1 Å². The standard InChI is InChI=1S/C15H16ClFN4O.ClH/c1-21-8-9(5-19-21)11-6-18-7-12(11)15(22)20-10-2-3-13(16)14(17)4-10;/h2-5,8,11-12,18H,6-7H2,1H3,(H,20,22);1H/t11-,12+;/m1./s1. The van der Waals surface area contributed by atoms with E-state index in [4.69, 9.17) is 11.6 Å². The fourth-order valence-corrected chi connectivity index (χ4v) is 2.86. The van der Waals surface area contributed by atoms with Crippen LogP contribution in [0.5, 0.6) is 0 Å². The van der Waals surface area contributed by atoms with Gasteiger partial charge in [0.15, 0.2) is 0 Å². The lowest BCUT2D eigenvalue weighted by Gasteiger charge is -2.17. The minimum Gasteiger partial charge on any atom is -0.326 e. The zero-order valence-corrected chi connectivity index (χ0v) is 14.0. The summed E-state index contributed by atoms with van der Waals surface area (Å²) in [6.45, 7) is 1.31. The van der Waals surface area contributed by atoms with E-state index in [9.17, 15) is 9.18 Å². The second-order valence-electron chi connectivity index (χ2n) is 5.44. The molecule has 0 saturated carbocycles. The molecule has 2 heterocycles. The van der Waals surface area contributed by atoms with Gasteiger partial charge in [-0.05, 0) is 23.8 Å². The second kappa shape index (κ2) is 7.29. The molecule has 1 saturated heterocycles. The Morgan fingerprint density at radius 1 is 1.48 bits per heavy atom. The summed E-state index contributed by atoms with van der Waals surface area (Å²) in [6, 6.07) is 4.24. The molecular weight excluding hydrogens is 342 g/mol. The van der Waals surface area contributed by atoms with E-state index in [2.05, 4.69) is 15.7 Å². The molecule has 1 aromatic heterocycles. The number of benzene rings is 1. The molecule has 23 heavy (non-hydrogen) atoms. The number of nitrogens with zero attached hydrogens (tertiary/aromatic N) is 2. The largest absolute Gasteiger partial charge is 0.326 e. The quantitative estimate of drug-likeness (QED) is 0.886. The van der Waals surface area contributed by atoms with Gasteiger partial charge in [0.2, 0.25) is 5.91 Å². The summed E-state index contributed by atoms with van der Waals surface area (Å²) in [7, 11) is 1.84. The highest BCUT2D eigenvalue weighted by atomic mass is 35.5. The van der Waals surface area contributed by atoms with Crippen LogP contribution in [0, 0.1) is 11.7 Å². The van der Waals surface area contributed by atoms with Gasteiger partial charge >= 0.3 is 0 Å². The van der Waals surface area contributed by atoms with Crippen LogP contribution in [0.3, 0.4) is 0 Å². The molecular formula is C15H17Cl2FN4O. The summed E-state index contributed by atoms with van der Waals surface area (Å²) in [6.07, 6.45) is 3.69. The maximum atomic E-state index is 13.4. The molecule has 0 radical (unpaired) electrons. The second-order valence-corrected chi connectivity index (χ2v) is 5.84. The zero-order chi connectivity index (χ0) is 15.7. The van der Waals surface area contributed by atoms with Crippen molar-refractivity contribution in [3.8, 4) is 0 Å². The van der Waals surface area contributed by atoms with Crippen LogP contribution in [0.25, 0.3) is 0 Å². The number of aromatic nitrogens is 2. The number of aryl methyl sites for hydroxylation is 1. The molecule has 0 spiro atoms. The van der Waals surface area contributed by atoms with Crippen LogP contribution in [0.1, 0.15) is 11.5 Å². The average molecular weight is 359 g/mol. The number of hydrogen-bond acceptors (Lipinski definition) is 3. The van der Waals surface area contributed by atoms with Gasteiger partial charge in [0.05, 0.1) is 17.1 Å². The first kappa shape index (κ1) is 17.7. The number of amides is 1. The Bertz CT molecular complexity index is 707. The van der Waals surface area contributed by atoms with Crippen LogP contribution in [0.4, 0.5) is 10.1 Å². The van der Waals surface area contributed by atoms with Crippen molar-refractivity contribution in [3.05, 3.63) is 47.0 Å². The van der Waals surface area contributed by atoms with Crippen LogP contribution in [0.2, 0.25) is 5.02 Å². The molecule has 1 aliphatic rings. The first-order valence-corrected chi connectivity index (χ1v) is 7.37. The van der Waals surface area contributed by atoms with Gasteiger partial charge < -0.3 is 10.6 Å². The maximum absolute atomic E-state index is 13.4. The maximum Gasteiger partial charge on any atom is 0.229 e. The lowest BCUT2D eigenvalue weighted by Crippen LogP contribution is -2.28. The highest BCUT2D eigenvalue weighted by Gasteiger charge is 2.34. The molecule has 1 aromatic carbocycles. The first-order chi connectivity index (χ1) is 10.5. The fraction of sp³-hybridized carbons (Fsp3) is 0.333. The first-order valence-electron chi connectivity index (χ1n) is 7.00. The minimum absolute atomic E-state index is 0. The van der Waals surface area contributed by atoms with E-state index >= 15 is 0 Å². The van der Waals surface area contributed by atoms with Crippen LogP contribution < -0.4 is 10.6 Å². The van der Waals surface area contributed by atoms with Crippen LogP contribution in [-0.2, 0) is 11.8 Å². The molecule has 1 amide bonds. The van der Waals surface area contributed by atoms with Crippen molar-refractivity contribution in [1.29, 1.82) is 0 Å². The number of halogens is 3. The summed E-state index contributed by atoms with van der Waals surface area (Å²) < 4.78 is 15.2. The Kier molecular flexibility index (Phi) is 5.62. The number of carbonyl (C=O) groups excluding carboxylic acids is 1. The van der Waals surface area contributed by atoms with Crippen molar-refractivity contribution < 1.29 is 9.18 Å².